The van der Waals surface area contributed by atoms with Crippen molar-refractivity contribution in [3.8, 4) is 11.6 Å². The van der Waals surface area contributed by atoms with E-state index >= 15 is 0 Å². The van der Waals surface area contributed by atoms with Crippen molar-refractivity contribution in [1.29, 1.82) is 0 Å². The van der Waals surface area contributed by atoms with E-state index in [0.717, 1.165) is 29.8 Å². The monoisotopic (exact) mass is 366 g/mol. The molecular formula is C20H20N3O2S+. The number of quaternary nitrogens is 1. The van der Waals surface area contributed by atoms with Crippen LogP contribution in [-0.4, -0.2) is 21.2 Å². The summed E-state index contributed by atoms with van der Waals surface area (Å²) in [6, 6.07) is 15.5. The number of aromatic amines is 1. The molecule has 26 heavy (non-hydrogen) atoms. The maximum Gasteiger partial charge on any atom is 0.265 e. The predicted molar refractivity (Wildman–Crippen MR) is 102 cm³/mol. The van der Waals surface area contributed by atoms with E-state index in [4.69, 9.17) is 12.2 Å². The van der Waals surface area contributed by atoms with Gasteiger partial charge in [0.05, 0.1) is 12.2 Å². The van der Waals surface area contributed by atoms with E-state index in [1.54, 1.807) is 4.57 Å². The van der Waals surface area contributed by atoms with Gasteiger partial charge in [-0.25, -0.2) is 0 Å². The average molecular weight is 366 g/mol. The zero-order valence-electron chi connectivity index (χ0n) is 14.4. The number of aromatic hydroxyl groups is 1. The highest BCUT2D eigenvalue weighted by Crippen LogP contribution is 2.30. The van der Waals surface area contributed by atoms with Crippen molar-refractivity contribution in [2.24, 2.45) is 0 Å². The summed E-state index contributed by atoms with van der Waals surface area (Å²) >= 11 is 5.34. The van der Waals surface area contributed by atoms with Gasteiger partial charge in [-0.1, -0.05) is 42.5 Å². The van der Waals surface area contributed by atoms with Gasteiger partial charge in [0.15, 0.2) is 4.77 Å². The van der Waals surface area contributed by atoms with Crippen molar-refractivity contribution >= 4 is 12.2 Å². The number of nitrogens with zero attached hydrogens (tertiary/aromatic N) is 1. The molecule has 1 atom stereocenters. The van der Waals surface area contributed by atoms with Crippen LogP contribution in [0, 0.1) is 11.7 Å². The van der Waals surface area contributed by atoms with Crippen molar-refractivity contribution in [2.75, 3.05) is 6.54 Å². The van der Waals surface area contributed by atoms with Gasteiger partial charge in [-0.05, 0) is 36.3 Å². The maximum absolute atomic E-state index is 12.7. The molecule has 0 amide bonds. The minimum atomic E-state index is -0.338. The summed E-state index contributed by atoms with van der Waals surface area (Å²) in [7, 11) is 0. The van der Waals surface area contributed by atoms with Gasteiger partial charge in [-0.3, -0.25) is 14.3 Å². The van der Waals surface area contributed by atoms with Gasteiger partial charge in [0.2, 0.25) is 5.88 Å². The number of fused-ring (bicyclic) bond motifs is 1. The van der Waals surface area contributed by atoms with E-state index in [1.807, 2.05) is 49.4 Å². The molecule has 4 rings (SSSR count). The number of nitrogens with two attached hydrogens (primary N) is 1. The number of benzene rings is 2. The number of hydrogen-bond donors (Lipinski definition) is 3. The van der Waals surface area contributed by atoms with Crippen molar-refractivity contribution in [1.82, 2.24) is 9.55 Å². The molecule has 0 aliphatic carbocycles. The first-order valence-electron chi connectivity index (χ1n) is 8.63. The van der Waals surface area contributed by atoms with Crippen LogP contribution in [0.4, 0.5) is 0 Å². The Kier molecular flexibility index (Phi) is 4.22. The second-order valence-corrected chi connectivity index (χ2v) is 6.96. The second kappa shape index (κ2) is 6.55. The van der Waals surface area contributed by atoms with E-state index in [1.165, 1.54) is 5.56 Å². The van der Waals surface area contributed by atoms with Gasteiger partial charge in [-0.15, -0.1) is 0 Å². The fraction of sp³-hybridized carbons (Fsp3) is 0.200. The summed E-state index contributed by atoms with van der Waals surface area (Å²) in [6.07, 6.45) is 0.947. The topological polar surface area (TPSA) is 74.6 Å². The molecule has 0 saturated heterocycles. The lowest BCUT2D eigenvalue weighted by Gasteiger charge is -2.25. The summed E-state index contributed by atoms with van der Waals surface area (Å²) in [5.74, 6) is -0.0917. The molecule has 2 heterocycles. The number of hydrogen-bond acceptors (Lipinski definition) is 3. The van der Waals surface area contributed by atoms with Gasteiger partial charge in [0, 0.05) is 12.0 Å². The van der Waals surface area contributed by atoms with Crippen LogP contribution in [0.2, 0.25) is 0 Å². The predicted octanol–water partition coefficient (Wildman–Crippen LogP) is 2.12. The molecule has 4 N–H and O–H groups in total. The third kappa shape index (κ3) is 2.67. The Hall–Kier alpha value is -2.70. The number of nitrogens with one attached hydrogen (secondary N) is 1. The summed E-state index contributed by atoms with van der Waals surface area (Å²) in [5, 5.41) is 13.2. The zero-order chi connectivity index (χ0) is 18.3. The van der Waals surface area contributed by atoms with Crippen molar-refractivity contribution < 1.29 is 10.4 Å². The molecule has 0 fully saturated rings. The molecule has 1 aliphatic rings. The highest BCUT2D eigenvalue weighted by atomic mass is 32.1. The van der Waals surface area contributed by atoms with E-state index in [0.29, 0.717) is 5.56 Å². The highest BCUT2D eigenvalue weighted by molar-refractivity contribution is 7.71. The van der Waals surface area contributed by atoms with E-state index in [-0.39, 0.29) is 22.3 Å². The maximum atomic E-state index is 12.7. The Bertz CT molecular complexity index is 1100. The number of aryl methyl sites for hydroxylation is 1. The van der Waals surface area contributed by atoms with Gasteiger partial charge in [0.1, 0.15) is 11.6 Å². The Morgan fingerprint density at radius 2 is 1.92 bits per heavy atom. The first kappa shape index (κ1) is 16.8. The molecule has 1 aromatic heterocycles. The normalized spacial score (nSPS) is 16.3. The lowest BCUT2D eigenvalue weighted by atomic mass is 9.90. The average Bonchev–Trinajstić information content (AvgIpc) is 2.63. The van der Waals surface area contributed by atoms with Crippen LogP contribution in [0.25, 0.3) is 5.69 Å². The standard InChI is InChI=1S/C20H19N3O2S/c1-12-6-2-5-9-15(12)23-19(25)16(18(24)22-20(23)26)17-14-8-4-3-7-13(14)10-11-21-17/h2-9,17,21,25H,10-11H2,1H3,(H,22,24,26)/p+1/t17-/m1/s1. The number of aromatic nitrogens is 2. The molecule has 0 saturated carbocycles. The molecule has 5 nitrogen and oxygen atoms in total. The zero-order valence-corrected chi connectivity index (χ0v) is 15.2. The van der Waals surface area contributed by atoms with Crippen LogP contribution in [0.15, 0.2) is 53.3 Å². The summed E-state index contributed by atoms with van der Waals surface area (Å²) < 4.78 is 1.74. The number of H-pyrrole nitrogens is 1. The van der Waals surface area contributed by atoms with Crippen LogP contribution in [0.1, 0.15) is 28.3 Å². The molecule has 6 heteroatoms. The first-order valence-corrected chi connectivity index (χ1v) is 9.04. The summed E-state index contributed by atoms with van der Waals surface area (Å²) in [5.41, 5.74) is 4.00. The van der Waals surface area contributed by atoms with Crippen LogP contribution < -0.4 is 10.9 Å². The Morgan fingerprint density at radius 1 is 1.19 bits per heavy atom. The minimum absolute atomic E-state index is 0.0917. The fourth-order valence-electron chi connectivity index (χ4n) is 3.73. The molecule has 1 aliphatic heterocycles. The number of para-hydroxylation sites is 1. The van der Waals surface area contributed by atoms with E-state index in [9.17, 15) is 9.90 Å². The van der Waals surface area contributed by atoms with Crippen LogP contribution in [-0.2, 0) is 6.42 Å². The molecule has 0 spiro atoms. The van der Waals surface area contributed by atoms with Crippen molar-refractivity contribution in [3.63, 3.8) is 0 Å². The Labute approximate surface area is 156 Å². The molecule has 0 bridgehead atoms. The smallest absolute Gasteiger partial charge is 0.265 e. The Balaban J connectivity index is 1.98. The van der Waals surface area contributed by atoms with Crippen LogP contribution >= 0.6 is 12.2 Å². The van der Waals surface area contributed by atoms with Gasteiger partial charge >= 0.3 is 0 Å². The summed E-state index contributed by atoms with van der Waals surface area (Å²) in [6.45, 7) is 2.81. The van der Waals surface area contributed by atoms with Crippen molar-refractivity contribution in [3.05, 3.63) is 85.9 Å². The molecule has 132 valence electrons. The third-order valence-corrected chi connectivity index (χ3v) is 5.28. The summed E-state index contributed by atoms with van der Waals surface area (Å²) in [4.78, 5) is 15.5. The van der Waals surface area contributed by atoms with Gasteiger partial charge in [-0.2, -0.15) is 0 Å². The van der Waals surface area contributed by atoms with E-state index in [2.05, 4.69) is 16.4 Å². The SMILES string of the molecule is Cc1ccccc1-n1c(O)c([C@@H]2[NH2+]CCc3ccccc32)c(=O)[nH]c1=S. The molecular weight excluding hydrogens is 346 g/mol. The van der Waals surface area contributed by atoms with Crippen molar-refractivity contribution in [2.45, 2.75) is 19.4 Å². The lowest BCUT2D eigenvalue weighted by molar-refractivity contribution is -0.690. The second-order valence-electron chi connectivity index (χ2n) is 6.57. The van der Waals surface area contributed by atoms with Gasteiger partial charge in [0.25, 0.3) is 5.56 Å². The molecule has 0 radical (unpaired) electrons. The van der Waals surface area contributed by atoms with Crippen LogP contribution in [0.5, 0.6) is 5.88 Å². The minimum Gasteiger partial charge on any atom is -0.494 e. The number of rotatable bonds is 2. The van der Waals surface area contributed by atoms with E-state index < -0.39 is 0 Å². The van der Waals surface area contributed by atoms with Gasteiger partial charge < -0.3 is 10.4 Å². The highest BCUT2D eigenvalue weighted by Gasteiger charge is 2.31. The largest absolute Gasteiger partial charge is 0.494 e. The quantitative estimate of drug-likeness (QED) is 0.608. The first-order chi connectivity index (χ1) is 12.6. The molecule has 3 aromatic rings. The Morgan fingerprint density at radius 3 is 2.73 bits per heavy atom. The third-order valence-electron chi connectivity index (χ3n) is 4.99. The molecule has 0 unspecified atom stereocenters. The fourth-order valence-corrected chi connectivity index (χ4v) is 4.01. The lowest BCUT2D eigenvalue weighted by Crippen LogP contribution is -2.87. The molecule has 2 aromatic carbocycles. The van der Waals surface area contributed by atoms with Crippen LogP contribution in [0.3, 0.4) is 0 Å².